The Morgan fingerprint density at radius 2 is 2.32 bits per heavy atom. The van der Waals surface area contributed by atoms with Crippen LogP contribution in [-0.2, 0) is 6.54 Å². The first kappa shape index (κ1) is 13.3. The average Bonchev–Trinajstić information content (AvgIpc) is 2.87. The average molecular weight is 277 g/mol. The van der Waals surface area contributed by atoms with Crippen LogP contribution >= 0.6 is 12.2 Å². The van der Waals surface area contributed by atoms with E-state index >= 15 is 0 Å². The van der Waals surface area contributed by atoms with Gasteiger partial charge in [-0.25, -0.2) is 9.97 Å². The lowest BCUT2D eigenvalue weighted by atomic mass is 10.3. The molecule has 2 aromatic heterocycles. The van der Waals surface area contributed by atoms with E-state index in [0.29, 0.717) is 11.6 Å². The van der Waals surface area contributed by atoms with Crippen molar-refractivity contribution in [2.45, 2.75) is 19.9 Å². The number of aromatic nitrogens is 5. The number of rotatable bonds is 6. The molecule has 0 amide bonds. The molecule has 0 fully saturated rings. The minimum absolute atomic E-state index is 0.274. The SMILES string of the molecule is Cc1cc(C(N)=S)nc(NCCCn2ccnn2)n1. The summed E-state index contributed by atoms with van der Waals surface area (Å²) < 4.78 is 1.78. The molecule has 2 rings (SSSR count). The number of anilines is 1. The molecular weight excluding hydrogens is 262 g/mol. The Hall–Kier alpha value is -2.09. The summed E-state index contributed by atoms with van der Waals surface area (Å²) in [6.45, 7) is 3.41. The maximum absolute atomic E-state index is 5.57. The van der Waals surface area contributed by atoms with Crippen molar-refractivity contribution < 1.29 is 0 Å². The van der Waals surface area contributed by atoms with Gasteiger partial charge in [0.15, 0.2) is 0 Å². The molecule has 0 saturated carbocycles. The molecule has 19 heavy (non-hydrogen) atoms. The van der Waals surface area contributed by atoms with Gasteiger partial charge in [-0.3, -0.25) is 4.68 Å². The number of hydrogen-bond donors (Lipinski definition) is 2. The largest absolute Gasteiger partial charge is 0.388 e. The summed E-state index contributed by atoms with van der Waals surface area (Å²) in [5, 5.41) is 10.8. The molecule has 7 nitrogen and oxygen atoms in total. The highest BCUT2D eigenvalue weighted by molar-refractivity contribution is 7.80. The van der Waals surface area contributed by atoms with E-state index in [1.165, 1.54) is 0 Å². The van der Waals surface area contributed by atoms with Crippen LogP contribution in [-0.4, -0.2) is 36.5 Å². The number of hydrogen-bond acceptors (Lipinski definition) is 6. The highest BCUT2D eigenvalue weighted by Gasteiger charge is 2.03. The normalized spacial score (nSPS) is 10.4. The first-order valence-electron chi connectivity index (χ1n) is 5.88. The van der Waals surface area contributed by atoms with Gasteiger partial charge >= 0.3 is 0 Å². The highest BCUT2D eigenvalue weighted by atomic mass is 32.1. The minimum atomic E-state index is 0.274. The van der Waals surface area contributed by atoms with Crippen molar-refractivity contribution in [3.8, 4) is 0 Å². The van der Waals surface area contributed by atoms with Gasteiger partial charge < -0.3 is 11.1 Å². The smallest absolute Gasteiger partial charge is 0.223 e. The second-order valence-corrected chi connectivity index (χ2v) is 4.47. The predicted octanol–water partition coefficient (Wildman–Crippen LogP) is 0.513. The fourth-order valence-electron chi connectivity index (χ4n) is 1.57. The molecule has 2 aromatic rings. The lowest BCUT2D eigenvalue weighted by Gasteiger charge is -2.07. The Bertz CT molecular complexity index is 552. The second-order valence-electron chi connectivity index (χ2n) is 4.03. The lowest BCUT2D eigenvalue weighted by Crippen LogP contribution is -2.15. The zero-order valence-electron chi connectivity index (χ0n) is 10.6. The number of nitrogens with one attached hydrogen (secondary N) is 1. The zero-order valence-corrected chi connectivity index (χ0v) is 11.4. The summed E-state index contributed by atoms with van der Waals surface area (Å²) >= 11 is 4.91. The molecule has 100 valence electrons. The molecule has 0 unspecified atom stereocenters. The molecule has 2 heterocycles. The Balaban J connectivity index is 1.87. The molecule has 0 radical (unpaired) electrons. The third kappa shape index (κ3) is 3.95. The molecule has 0 spiro atoms. The van der Waals surface area contributed by atoms with Crippen molar-refractivity contribution in [2.24, 2.45) is 5.73 Å². The van der Waals surface area contributed by atoms with Crippen LogP contribution in [0.4, 0.5) is 5.95 Å². The van der Waals surface area contributed by atoms with E-state index in [4.69, 9.17) is 18.0 Å². The van der Waals surface area contributed by atoms with E-state index in [1.54, 1.807) is 16.9 Å². The molecule has 0 aliphatic carbocycles. The summed E-state index contributed by atoms with van der Waals surface area (Å²) in [5.41, 5.74) is 6.98. The summed E-state index contributed by atoms with van der Waals surface area (Å²) in [6, 6.07) is 1.77. The quantitative estimate of drug-likeness (QED) is 0.587. The maximum Gasteiger partial charge on any atom is 0.223 e. The van der Waals surface area contributed by atoms with Crippen LogP contribution in [0.5, 0.6) is 0 Å². The summed E-state index contributed by atoms with van der Waals surface area (Å²) in [7, 11) is 0. The van der Waals surface area contributed by atoms with Crippen LogP contribution in [0.25, 0.3) is 0 Å². The van der Waals surface area contributed by atoms with E-state index in [0.717, 1.165) is 25.2 Å². The fourth-order valence-corrected chi connectivity index (χ4v) is 1.67. The molecule has 0 saturated heterocycles. The summed E-state index contributed by atoms with van der Waals surface area (Å²) in [4.78, 5) is 8.80. The van der Waals surface area contributed by atoms with E-state index in [1.807, 2.05) is 13.1 Å². The molecular formula is C11H15N7S. The summed E-state index contributed by atoms with van der Waals surface area (Å²) in [6.07, 6.45) is 4.38. The molecule has 0 atom stereocenters. The third-order valence-electron chi connectivity index (χ3n) is 2.43. The number of nitrogens with two attached hydrogens (primary N) is 1. The molecule has 0 aliphatic heterocycles. The van der Waals surface area contributed by atoms with Crippen molar-refractivity contribution in [1.29, 1.82) is 0 Å². The van der Waals surface area contributed by atoms with Crippen molar-refractivity contribution in [2.75, 3.05) is 11.9 Å². The van der Waals surface area contributed by atoms with E-state index in [-0.39, 0.29) is 4.99 Å². The van der Waals surface area contributed by atoms with Gasteiger partial charge in [0.1, 0.15) is 10.7 Å². The number of thiocarbonyl (C=S) groups is 1. The Kier molecular flexibility index (Phi) is 4.35. The Labute approximate surface area is 116 Å². The van der Waals surface area contributed by atoms with Gasteiger partial charge in [0, 0.05) is 25.0 Å². The second kappa shape index (κ2) is 6.19. The topological polar surface area (TPSA) is 94.5 Å². The highest BCUT2D eigenvalue weighted by Crippen LogP contribution is 2.05. The van der Waals surface area contributed by atoms with Gasteiger partial charge in [0.25, 0.3) is 0 Å². The molecule has 0 aromatic carbocycles. The van der Waals surface area contributed by atoms with Crippen LogP contribution in [0.1, 0.15) is 17.8 Å². The van der Waals surface area contributed by atoms with Gasteiger partial charge in [0.2, 0.25) is 5.95 Å². The number of nitrogens with zero attached hydrogens (tertiary/aromatic N) is 5. The fraction of sp³-hybridized carbons (Fsp3) is 0.364. The Morgan fingerprint density at radius 3 is 3.00 bits per heavy atom. The standard InChI is InChI=1S/C11H15N7S/c1-8-7-9(10(12)19)16-11(15-8)13-3-2-5-18-6-4-14-17-18/h4,6-7H,2-3,5H2,1H3,(H2,12,19)(H,13,15,16). The van der Waals surface area contributed by atoms with Crippen LogP contribution < -0.4 is 11.1 Å². The Morgan fingerprint density at radius 1 is 1.47 bits per heavy atom. The van der Waals surface area contributed by atoms with E-state index in [9.17, 15) is 0 Å². The first-order chi connectivity index (χ1) is 9.15. The van der Waals surface area contributed by atoms with Crippen LogP contribution in [0.15, 0.2) is 18.5 Å². The molecule has 0 aliphatic rings. The first-order valence-corrected chi connectivity index (χ1v) is 6.29. The van der Waals surface area contributed by atoms with Crippen molar-refractivity contribution >= 4 is 23.2 Å². The third-order valence-corrected chi connectivity index (χ3v) is 2.63. The molecule has 3 N–H and O–H groups in total. The lowest BCUT2D eigenvalue weighted by molar-refractivity contribution is 0.569. The monoisotopic (exact) mass is 277 g/mol. The predicted molar refractivity (Wildman–Crippen MR) is 75.8 cm³/mol. The number of aryl methyl sites for hydroxylation is 2. The molecule has 8 heteroatoms. The van der Waals surface area contributed by atoms with Gasteiger partial charge in [-0.05, 0) is 19.4 Å². The van der Waals surface area contributed by atoms with Crippen LogP contribution in [0.3, 0.4) is 0 Å². The summed E-state index contributed by atoms with van der Waals surface area (Å²) in [5.74, 6) is 0.543. The zero-order chi connectivity index (χ0) is 13.7. The van der Waals surface area contributed by atoms with Crippen molar-refractivity contribution in [3.05, 3.63) is 29.8 Å². The molecule has 0 bridgehead atoms. The van der Waals surface area contributed by atoms with Gasteiger partial charge in [-0.2, -0.15) is 0 Å². The van der Waals surface area contributed by atoms with Crippen molar-refractivity contribution in [1.82, 2.24) is 25.0 Å². The van der Waals surface area contributed by atoms with Crippen LogP contribution in [0.2, 0.25) is 0 Å². The van der Waals surface area contributed by atoms with Gasteiger partial charge in [0.05, 0.1) is 6.20 Å². The van der Waals surface area contributed by atoms with Gasteiger partial charge in [-0.1, -0.05) is 17.4 Å². The van der Waals surface area contributed by atoms with Gasteiger partial charge in [-0.15, -0.1) is 5.10 Å². The van der Waals surface area contributed by atoms with Crippen molar-refractivity contribution in [3.63, 3.8) is 0 Å². The van der Waals surface area contributed by atoms with E-state index in [2.05, 4.69) is 25.6 Å². The maximum atomic E-state index is 5.57. The minimum Gasteiger partial charge on any atom is -0.388 e. The van der Waals surface area contributed by atoms with Crippen LogP contribution in [0, 0.1) is 6.92 Å². The van der Waals surface area contributed by atoms with E-state index < -0.39 is 0 Å².